The summed E-state index contributed by atoms with van der Waals surface area (Å²) in [5.41, 5.74) is 0.949. The molecule has 0 saturated heterocycles. The number of hydrogen-bond acceptors (Lipinski definition) is 2. The summed E-state index contributed by atoms with van der Waals surface area (Å²) in [6.45, 7) is 4.44. The third kappa shape index (κ3) is 3.23. The van der Waals surface area contributed by atoms with Crippen LogP contribution in [0.3, 0.4) is 0 Å². The first kappa shape index (κ1) is 15.1. The highest BCUT2D eigenvalue weighted by Crippen LogP contribution is 2.44. The fourth-order valence-electron chi connectivity index (χ4n) is 3.64. The van der Waals surface area contributed by atoms with Gasteiger partial charge in [0.1, 0.15) is 11.5 Å². The predicted molar refractivity (Wildman–Crippen MR) is 82.1 cm³/mol. The van der Waals surface area contributed by atoms with Crippen LogP contribution in [0.25, 0.3) is 0 Å². The molecule has 2 nitrogen and oxygen atoms in total. The summed E-state index contributed by atoms with van der Waals surface area (Å²) in [7, 11) is 1.67. The molecule has 0 amide bonds. The van der Waals surface area contributed by atoms with Crippen molar-refractivity contribution in [2.75, 3.05) is 7.11 Å². The van der Waals surface area contributed by atoms with E-state index in [0.29, 0.717) is 18.1 Å². The molecule has 0 bridgehead atoms. The number of ketones is 1. The van der Waals surface area contributed by atoms with E-state index in [9.17, 15) is 4.79 Å². The van der Waals surface area contributed by atoms with Crippen LogP contribution in [0.2, 0.25) is 0 Å². The molecule has 0 N–H and O–H groups in total. The molecular weight excluding hydrogens is 248 g/mol. The number of carbonyl (C=O) groups is 1. The van der Waals surface area contributed by atoms with E-state index in [1.165, 1.54) is 12.8 Å². The van der Waals surface area contributed by atoms with E-state index in [4.69, 9.17) is 4.74 Å². The van der Waals surface area contributed by atoms with Crippen LogP contribution in [-0.2, 0) is 11.2 Å². The van der Waals surface area contributed by atoms with Crippen molar-refractivity contribution in [3.63, 3.8) is 0 Å². The first-order valence-electron chi connectivity index (χ1n) is 7.72. The molecule has 0 aromatic heterocycles. The average molecular weight is 274 g/mol. The number of methoxy groups -OCH3 is 1. The minimum atomic E-state index is -0.0744. The van der Waals surface area contributed by atoms with E-state index < -0.39 is 0 Å². The molecule has 1 aliphatic rings. The van der Waals surface area contributed by atoms with E-state index in [0.717, 1.165) is 30.6 Å². The SMILES string of the molecule is COc1ccccc1CC(=O)C1(CC(C)C)CCCC1. The van der Waals surface area contributed by atoms with Crippen LogP contribution in [0.15, 0.2) is 24.3 Å². The summed E-state index contributed by atoms with van der Waals surface area (Å²) < 4.78 is 5.37. The topological polar surface area (TPSA) is 26.3 Å². The largest absolute Gasteiger partial charge is 0.496 e. The number of ether oxygens (including phenoxy) is 1. The minimum Gasteiger partial charge on any atom is -0.496 e. The van der Waals surface area contributed by atoms with Gasteiger partial charge in [0.2, 0.25) is 0 Å². The van der Waals surface area contributed by atoms with Crippen molar-refractivity contribution in [2.24, 2.45) is 11.3 Å². The van der Waals surface area contributed by atoms with E-state index in [2.05, 4.69) is 13.8 Å². The predicted octanol–water partition coefficient (Wildman–Crippen LogP) is 4.41. The Morgan fingerprint density at radius 2 is 1.90 bits per heavy atom. The van der Waals surface area contributed by atoms with Gasteiger partial charge in [-0.15, -0.1) is 0 Å². The van der Waals surface area contributed by atoms with Crippen LogP contribution in [0, 0.1) is 11.3 Å². The lowest BCUT2D eigenvalue weighted by molar-refractivity contribution is -0.128. The third-order valence-electron chi connectivity index (χ3n) is 4.49. The minimum absolute atomic E-state index is 0.0744. The molecule has 1 aliphatic carbocycles. The Bertz CT molecular complexity index is 456. The second-order valence-electron chi connectivity index (χ2n) is 6.50. The van der Waals surface area contributed by atoms with Crippen LogP contribution in [-0.4, -0.2) is 12.9 Å². The Morgan fingerprint density at radius 1 is 1.25 bits per heavy atom. The van der Waals surface area contributed by atoms with Crippen LogP contribution in [0.4, 0.5) is 0 Å². The highest BCUT2D eigenvalue weighted by molar-refractivity contribution is 5.87. The monoisotopic (exact) mass is 274 g/mol. The molecule has 0 atom stereocenters. The van der Waals surface area contributed by atoms with Gasteiger partial charge in [0, 0.05) is 17.4 Å². The maximum atomic E-state index is 12.9. The fourth-order valence-corrected chi connectivity index (χ4v) is 3.64. The summed E-state index contributed by atoms with van der Waals surface area (Å²) in [6.07, 6.45) is 6.07. The summed E-state index contributed by atoms with van der Waals surface area (Å²) in [5.74, 6) is 1.82. The van der Waals surface area contributed by atoms with Gasteiger partial charge >= 0.3 is 0 Å². The second-order valence-corrected chi connectivity index (χ2v) is 6.50. The van der Waals surface area contributed by atoms with E-state index in [-0.39, 0.29) is 5.41 Å². The molecule has 1 aromatic rings. The van der Waals surface area contributed by atoms with Gasteiger partial charge in [-0.2, -0.15) is 0 Å². The number of hydrogen-bond donors (Lipinski definition) is 0. The van der Waals surface area contributed by atoms with Gasteiger partial charge in [-0.3, -0.25) is 4.79 Å². The van der Waals surface area contributed by atoms with Gasteiger partial charge in [-0.1, -0.05) is 44.9 Å². The first-order chi connectivity index (χ1) is 9.57. The van der Waals surface area contributed by atoms with Gasteiger partial charge in [0.25, 0.3) is 0 Å². The maximum absolute atomic E-state index is 12.9. The molecule has 20 heavy (non-hydrogen) atoms. The zero-order valence-electron chi connectivity index (χ0n) is 12.9. The normalized spacial score (nSPS) is 17.4. The zero-order valence-corrected chi connectivity index (χ0v) is 12.9. The molecule has 2 heteroatoms. The lowest BCUT2D eigenvalue weighted by atomic mass is 9.73. The smallest absolute Gasteiger partial charge is 0.143 e. The van der Waals surface area contributed by atoms with Crippen molar-refractivity contribution in [3.8, 4) is 5.75 Å². The van der Waals surface area contributed by atoms with E-state index in [1.807, 2.05) is 24.3 Å². The molecule has 1 fully saturated rings. The highest BCUT2D eigenvalue weighted by atomic mass is 16.5. The number of para-hydroxylation sites is 1. The molecule has 1 saturated carbocycles. The van der Waals surface area contributed by atoms with E-state index in [1.54, 1.807) is 7.11 Å². The lowest BCUT2D eigenvalue weighted by Gasteiger charge is -2.29. The van der Waals surface area contributed by atoms with E-state index >= 15 is 0 Å². The van der Waals surface area contributed by atoms with Crippen LogP contribution < -0.4 is 4.74 Å². The molecule has 0 spiro atoms. The van der Waals surface area contributed by atoms with Crippen LogP contribution in [0.1, 0.15) is 51.5 Å². The van der Waals surface area contributed by atoms with Crippen molar-refractivity contribution in [1.82, 2.24) is 0 Å². The number of rotatable bonds is 6. The van der Waals surface area contributed by atoms with Crippen molar-refractivity contribution in [2.45, 2.75) is 52.4 Å². The molecule has 1 aromatic carbocycles. The summed E-state index contributed by atoms with van der Waals surface area (Å²) in [6, 6.07) is 7.88. The molecule has 0 aliphatic heterocycles. The highest BCUT2D eigenvalue weighted by Gasteiger charge is 2.40. The molecule has 0 unspecified atom stereocenters. The Kier molecular flexibility index (Phi) is 4.85. The van der Waals surface area contributed by atoms with Crippen molar-refractivity contribution < 1.29 is 9.53 Å². The summed E-state index contributed by atoms with van der Waals surface area (Å²) in [4.78, 5) is 12.9. The molecule has 110 valence electrons. The van der Waals surface area contributed by atoms with Crippen LogP contribution in [0.5, 0.6) is 5.75 Å². The van der Waals surface area contributed by atoms with Gasteiger partial charge in [0.05, 0.1) is 7.11 Å². The van der Waals surface area contributed by atoms with Gasteiger partial charge in [-0.05, 0) is 31.2 Å². The van der Waals surface area contributed by atoms with Gasteiger partial charge in [-0.25, -0.2) is 0 Å². The average Bonchev–Trinajstić information content (AvgIpc) is 2.88. The number of Topliss-reactive ketones (excluding diaryl/α,β-unsaturated/α-hetero) is 1. The fraction of sp³-hybridized carbons (Fsp3) is 0.611. The van der Waals surface area contributed by atoms with Gasteiger partial charge < -0.3 is 4.74 Å². The third-order valence-corrected chi connectivity index (χ3v) is 4.49. The van der Waals surface area contributed by atoms with Crippen molar-refractivity contribution in [1.29, 1.82) is 0 Å². The Morgan fingerprint density at radius 3 is 2.50 bits per heavy atom. The summed E-state index contributed by atoms with van der Waals surface area (Å²) >= 11 is 0. The second kappa shape index (κ2) is 6.43. The Hall–Kier alpha value is -1.31. The first-order valence-corrected chi connectivity index (χ1v) is 7.72. The molecule has 0 heterocycles. The Labute approximate surface area is 122 Å². The zero-order chi connectivity index (χ0) is 14.6. The standard InChI is InChI=1S/C18H26O2/c1-14(2)13-18(10-6-7-11-18)17(19)12-15-8-4-5-9-16(15)20-3/h4-5,8-9,14H,6-7,10-13H2,1-3H3. The van der Waals surface area contributed by atoms with Crippen LogP contribution >= 0.6 is 0 Å². The quantitative estimate of drug-likeness (QED) is 0.768. The van der Waals surface area contributed by atoms with Crippen molar-refractivity contribution in [3.05, 3.63) is 29.8 Å². The number of benzene rings is 1. The molecular formula is C18H26O2. The number of carbonyl (C=O) groups excluding carboxylic acids is 1. The summed E-state index contributed by atoms with van der Waals surface area (Å²) in [5, 5.41) is 0. The van der Waals surface area contributed by atoms with Crippen molar-refractivity contribution >= 4 is 5.78 Å². The molecule has 2 rings (SSSR count). The maximum Gasteiger partial charge on any atom is 0.143 e. The Balaban J connectivity index is 2.16. The molecule has 0 radical (unpaired) electrons. The van der Waals surface area contributed by atoms with Gasteiger partial charge in [0.15, 0.2) is 0 Å². The lowest BCUT2D eigenvalue weighted by Crippen LogP contribution is -2.31.